The number of aromatic amines is 1. The largest absolute Gasteiger partial charge is 0.395 e. The third-order valence-electron chi connectivity index (χ3n) is 2.38. The number of nitrogens with one attached hydrogen (secondary N) is 1. The van der Waals surface area contributed by atoms with Gasteiger partial charge in [-0.2, -0.15) is 5.10 Å². The van der Waals surface area contributed by atoms with Gasteiger partial charge in [0.1, 0.15) is 11.9 Å². The van der Waals surface area contributed by atoms with E-state index < -0.39 is 4.92 Å². The van der Waals surface area contributed by atoms with Crippen LogP contribution in [-0.2, 0) is 0 Å². The topological polar surface area (TPSA) is 95.3 Å². The molecule has 7 nitrogen and oxygen atoms in total. The van der Waals surface area contributed by atoms with Crippen molar-refractivity contribution in [3.63, 3.8) is 0 Å². The number of nitro groups is 1. The number of H-pyrrole nitrogens is 1. The van der Waals surface area contributed by atoms with E-state index in [2.05, 4.69) is 10.2 Å². The molecule has 0 saturated heterocycles. The molecule has 0 aromatic carbocycles. The van der Waals surface area contributed by atoms with Crippen molar-refractivity contribution in [2.24, 2.45) is 0 Å². The Balaban J connectivity index is 2.85. The van der Waals surface area contributed by atoms with Gasteiger partial charge in [0.25, 0.3) is 0 Å². The van der Waals surface area contributed by atoms with Gasteiger partial charge in [-0.25, -0.2) is 0 Å². The molecule has 0 saturated carbocycles. The van der Waals surface area contributed by atoms with E-state index in [0.29, 0.717) is 12.2 Å². The summed E-state index contributed by atoms with van der Waals surface area (Å²) in [6.07, 6.45) is 1.19. The van der Waals surface area contributed by atoms with Gasteiger partial charge in [-0.1, -0.05) is 0 Å². The van der Waals surface area contributed by atoms with Gasteiger partial charge < -0.3 is 5.11 Å². The molecule has 0 spiro atoms. The fourth-order valence-electron chi connectivity index (χ4n) is 1.31. The quantitative estimate of drug-likeness (QED) is 0.543. The van der Waals surface area contributed by atoms with E-state index in [0.717, 1.165) is 0 Å². The van der Waals surface area contributed by atoms with E-state index in [1.807, 2.05) is 6.92 Å². The number of aromatic nitrogens is 2. The SMILES string of the molecule is CC(c1[nH]ncc1[N+](=O)[O-])N(C)CCO. The summed E-state index contributed by atoms with van der Waals surface area (Å²) < 4.78 is 0. The third-order valence-corrected chi connectivity index (χ3v) is 2.38. The summed E-state index contributed by atoms with van der Waals surface area (Å²) in [6, 6.07) is -0.181. The molecule has 1 aromatic rings. The van der Waals surface area contributed by atoms with Crippen LogP contribution in [0.25, 0.3) is 0 Å². The normalized spacial score (nSPS) is 13.1. The summed E-state index contributed by atoms with van der Waals surface area (Å²) in [7, 11) is 1.78. The first-order valence-electron chi connectivity index (χ1n) is 4.56. The Hall–Kier alpha value is -1.47. The Morgan fingerprint density at radius 3 is 3.00 bits per heavy atom. The smallest absolute Gasteiger partial charge is 0.311 e. The second-order valence-corrected chi connectivity index (χ2v) is 3.31. The van der Waals surface area contributed by atoms with Crippen molar-refractivity contribution in [2.75, 3.05) is 20.2 Å². The summed E-state index contributed by atoms with van der Waals surface area (Å²) in [5.74, 6) is 0. The van der Waals surface area contributed by atoms with Gasteiger partial charge >= 0.3 is 5.69 Å². The molecule has 1 rings (SSSR count). The predicted molar refractivity (Wildman–Crippen MR) is 53.4 cm³/mol. The summed E-state index contributed by atoms with van der Waals surface area (Å²) in [5, 5.41) is 25.7. The summed E-state index contributed by atoms with van der Waals surface area (Å²) >= 11 is 0. The zero-order valence-corrected chi connectivity index (χ0v) is 8.67. The van der Waals surface area contributed by atoms with Crippen LogP contribution in [0.2, 0.25) is 0 Å². The lowest BCUT2D eigenvalue weighted by atomic mass is 10.2. The lowest BCUT2D eigenvalue weighted by Gasteiger charge is -2.21. The van der Waals surface area contributed by atoms with E-state index in [1.165, 1.54) is 6.20 Å². The van der Waals surface area contributed by atoms with Crippen LogP contribution in [0.3, 0.4) is 0 Å². The number of likely N-dealkylation sites (N-methyl/N-ethyl adjacent to an activating group) is 1. The van der Waals surface area contributed by atoms with Crippen molar-refractivity contribution in [3.05, 3.63) is 22.0 Å². The van der Waals surface area contributed by atoms with Crippen molar-refractivity contribution in [2.45, 2.75) is 13.0 Å². The maximum Gasteiger partial charge on any atom is 0.311 e. The van der Waals surface area contributed by atoms with Crippen molar-refractivity contribution < 1.29 is 10.0 Å². The zero-order chi connectivity index (χ0) is 11.4. The van der Waals surface area contributed by atoms with E-state index >= 15 is 0 Å². The molecule has 0 aliphatic carbocycles. The highest BCUT2D eigenvalue weighted by molar-refractivity contribution is 5.33. The molecule has 7 heteroatoms. The molecule has 2 N–H and O–H groups in total. The van der Waals surface area contributed by atoms with Crippen LogP contribution in [0, 0.1) is 10.1 Å². The lowest BCUT2D eigenvalue weighted by molar-refractivity contribution is -0.385. The maximum absolute atomic E-state index is 10.6. The minimum atomic E-state index is -0.470. The van der Waals surface area contributed by atoms with Crippen molar-refractivity contribution in [1.29, 1.82) is 0 Å². The minimum absolute atomic E-state index is 0.0166. The average Bonchev–Trinajstić information content (AvgIpc) is 2.65. The molecule has 1 aromatic heterocycles. The van der Waals surface area contributed by atoms with Gasteiger partial charge in [0.2, 0.25) is 0 Å². The first kappa shape index (κ1) is 11.6. The Kier molecular flexibility index (Phi) is 3.75. The van der Waals surface area contributed by atoms with Crippen LogP contribution < -0.4 is 0 Å². The van der Waals surface area contributed by atoms with E-state index in [1.54, 1.807) is 11.9 Å². The van der Waals surface area contributed by atoms with Gasteiger partial charge in [-0.15, -0.1) is 0 Å². The molecule has 15 heavy (non-hydrogen) atoms. The summed E-state index contributed by atoms with van der Waals surface area (Å²) in [5.41, 5.74) is 0.434. The maximum atomic E-state index is 10.6. The molecular formula is C8H14N4O3. The van der Waals surface area contributed by atoms with Crippen LogP contribution in [-0.4, -0.2) is 45.3 Å². The van der Waals surface area contributed by atoms with Crippen LogP contribution in [0.5, 0.6) is 0 Å². The molecule has 0 aliphatic heterocycles. The fraction of sp³-hybridized carbons (Fsp3) is 0.625. The molecule has 84 valence electrons. The lowest BCUT2D eigenvalue weighted by Crippen LogP contribution is -2.26. The summed E-state index contributed by atoms with van der Waals surface area (Å²) in [4.78, 5) is 12.0. The molecule has 0 aliphatic rings. The Labute approximate surface area is 86.9 Å². The third kappa shape index (κ3) is 2.51. The van der Waals surface area contributed by atoms with E-state index in [9.17, 15) is 10.1 Å². The highest BCUT2D eigenvalue weighted by atomic mass is 16.6. The molecule has 1 heterocycles. The number of rotatable bonds is 5. The molecule has 0 bridgehead atoms. The molecule has 0 amide bonds. The molecule has 0 fully saturated rings. The Morgan fingerprint density at radius 2 is 2.47 bits per heavy atom. The van der Waals surface area contributed by atoms with Crippen LogP contribution in [0.1, 0.15) is 18.7 Å². The Morgan fingerprint density at radius 1 is 1.80 bits per heavy atom. The van der Waals surface area contributed by atoms with Gasteiger partial charge in [-0.3, -0.25) is 20.1 Å². The summed E-state index contributed by atoms with van der Waals surface area (Å²) in [6.45, 7) is 2.29. The second-order valence-electron chi connectivity index (χ2n) is 3.31. The van der Waals surface area contributed by atoms with Gasteiger partial charge in [0.15, 0.2) is 0 Å². The van der Waals surface area contributed by atoms with Crippen LogP contribution in [0.4, 0.5) is 5.69 Å². The number of aliphatic hydroxyl groups excluding tert-OH is 1. The number of hydrogen-bond donors (Lipinski definition) is 2. The van der Waals surface area contributed by atoms with E-state index in [4.69, 9.17) is 5.11 Å². The van der Waals surface area contributed by atoms with Crippen LogP contribution in [0.15, 0.2) is 6.20 Å². The predicted octanol–water partition coefficient (Wildman–Crippen LogP) is 0.303. The van der Waals surface area contributed by atoms with Gasteiger partial charge in [-0.05, 0) is 14.0 Å². The molecule has 1 unspecified atom stereocenters. The van der Waals surface area contributed by atoms with E-state index in [-0.39, 0.29) is 18.3 Å². The monoisotopic (exact) mass is 214 g/mol. The average molecular weight is 214 g/mol. The van der Waals surface area contributed by atoms with Gasteiger partial charge in [0.05, 0.1) is 17.6 Å². The minimum Gasteiger partial charge on any atom is -0.395 e. The zero-order valence-electron chi connectivity index (χ0n) is 8.67. The number of aliphatic hydroxyl groups is 1. The number of nitrogens with zero attached hydrogens (tertiary/aromatic N) is 3. The van der Waals surface area contributed by atoms with Crippen molar-refractivity contribution in [3.8, 4) is 0 Å². The molecule has 1 atom stereocenters. The highest BCUT2D eigenvalue weighted by Crippen LogP contribution is 2.25. The first-order chi connectivity index (χ1) is 7.07. The molecular weight excluding hydrogens is 200 g/mol. The number of hydrogen-bond acceptors (Lipinski definition) is 5. The molecule has 0 radical (unpaired) electrons. The first-order valence-corrected chi connectivity index (χ1v) is 4.56. The van der Waals surface area contributed by atoms with Crippen molar-refractivity contribution in [1.82, 2.24) is 15.1 Å². The fourth-order valence-corrected chi connectivity index (χ4v) is 1.31. The Bertz CT molecular complexity index is 338. The van der Waals surface area contributed by atoms with Crippen molar-refractivity contribution >= 4 is 5.69 Å². The highest BCUT2D eigenvalue weighted by Gasteiger charge is 2.23. The second kappa shape index (κ2) is 4.85. The standard InChI is InChI=1S/C8H14N4O3/c1-6(11(2)3-4-13)8-7(12(14)15)5-9-10-8/h5-6,13H,3-4H2,1-2H3,(H,9,10). The van der Waals surface area contributed by atoms with Crippen LogP contribution >= 0.6 is 0 Å². The van der Waals surface area contributed by atoms with Gasteiger partial charge in [0, 0.05) is 6.54 Å².